The smallest absolute Gasteiger partial charge is 0.352 e. The summed E-state index contributed by atoms with van der Waals surface area (Å²) in [6.07, 6.45) is 6.86. The number of rotatable bonds is 7. The van der Waals surface area contributed by atoms with Crippen LogP contribution in [0.25, 0.3) is 11.3 Å². The molecule has 2 fully saturated rings. The number of hydrogen-bond donors (Lipinski definition) is 0. The third kappa shape index (κ3) is 5.79. The molecule has 2 saturated carbocycles. The van der Waals surface area contributed by atoms with Crippen LogP contribution >= 0.6 is 34.8 Å². The Morgan fingerprint density at radius 3 is 2.38 bits per heavy atom. The number of nitrogens with zero attached hydrogens (tertiary/aromatic N) is 1. The molecule has 2 aliphatic rings. The Hall–Kier alpha value is -3.43. The average Bonchev–Trinajstić information content (AvgIpc) is 3.87. The lowest BCUT2D eigenvalue weighted by Crippen LogP contribution is -2.01. The molecule has 1 heterocycles. The predicted octanol–water partition coefficient (Wildman–Crippen LogP) is 8.80. The summed E-state index contributed by atoms with van der Waals surface area (Å²) in [5.41, 5.74) is 4.16. The zero-order valence-electron chi connectivity index (χ0n) is 20.7. The first-order valence-electron chi connectivity index (χ1n) is 12.6. The molecule has 0 amide bonds. The van der Waals surface area contributed by atoms with Crippen molar-refractivity contribution in [3.8, 4) is 29.0 Å². The molecule has 196 valence electrons. The highest BCUT2D eigenvalue weighted by Gasteiger charge is 2.33. The average molecular weight is 579 g/mol. The van der Waals surface area contributed by atoms with Gasteiger partial charge in [0.15, 0.2) is 0 Å². The maximum atomic E-state index is 12.4. The fraction of sp³-hybridized carbons (Fsp3) is 0.226. The predicted molar refractivity (Wildman–Crippen MR) is 150 cm³/mol. The van der Waals surface area contributed by atoms with Crippen molar-refractivity contribution in [2.75, 3.05) is 0 Å². The van der Waals surface area contributed by atoms with Gasteiger partial charge in [-0.05, 0) is 79.5 Å². The largest absolute Gasteiger partial charge is 0.489 e. The minimum atomic E-state index is -0.490. The molecule has 3 aromatic carbocycles. The minimum absolute atomic E-state index is 0.200. The molecule has 0 aliphatic heterocycles. The SMILES string of the molecule is O=C(OC#Cc1ccc(OCc2c(-c3c(Cl)cccc3Cl)noc2C2CC2)cc1Cl)c1cccc(C2CC2)c1. The van der Waals surface area contributed by atoms with Gasteiger partial charge in [-0.3, -0.25) is 0 Å². The number of esters is 1. The monoisotopic (exact) mass is 577 g/mol. The molecule has 0 radical (unpaired) electrons. The number of benzene rings is 3. The van der Waals surface area contributed by atoms with Gasteiger partial charge >= 0.3 is 5.97 Å². The molecule has 4 aromatic rings. The van der Waals surface area contributed by atoms with Gasteiger partial charge in [-0.25, -0.2) is 4.79 Å². The van der Waals surface area contributed by atoms with Gasteiger partial charge in [0.05, 0.1) is 26.2 Å². The number of halogens is 3. The first-order chi connectivity index (χ1) is 19.0. The first kappa shape index (κ1) is 25.8. The Bertz CT molecular complexity index is 1610. The highest BCUT2D eigenvalue weighted by Crippen LogP contribution is 2.46. The first-order valence-corrected chi connectivity index (χ1v) is 13.8. The molecule has 0 atom stereocenters. The molecule has 0 unspecified atom stereocenters. The molecule has 0 bridgehead atoms. The van der Waals surface area contributed by atoms with Crippen LogP contribution in [0.15, 0.2) is 65.2 Å². The Balaban J connectivity index is 1.15. The Labute approximate surface area is 241 Å². The standard InChI is InChI=1S/C31H22Cl3NO4/c32-25-5-2-6-26(33)28(25)29-24(30(39-35-29)20-9-10-20)17-38-23-12-11-19(27(34)16-23)13-14-37-31(36)22-4-1-3-21(15-22)18-7-8-18/h1-6,11-12,15-16,18,20H,7-10,17H2. The van der Waals surface area contributed by atoms with E-state index in [9.17, 15) is 4.79 Å². The second-order valence-corrected chi connectivity index (χ2v) is 10.9. The van der Waals surface area contributed by atoms with E-state index >= 15 is 0 Å². The molecular formula is C31H22Cl3NO4. The van der Waals surface area contributed by atoms with Gasteiger partial charge in [0.25, 0.3) is 0 Å². The number of ether oxygens (including phenoxy) is 2. The van der Waals surface area contributed by atoms with Crippen molar-refractivity contribution in [3.63, 3.8) is 0 Å². The van der Waals surface area contributed by atoms with Crippen molar-refractivity contribution in [3.05, 3.63) is 104 Å². The van der Waals surface area contributed by atoms with Crippen molar-refractivity contribution < 1.29 is 18.8 Å². The van der Waals surface area contributed by atoms with Crippen LogP contribution in [0.5, 0.6) is 5.75 Å². The maximum Gasteiger partial charge on any atom is 0.352 e. The lowest BCUT2D eigenvalue weighted by Gasteiger charge is -2.10. The van der Waals surface area contributed by atoms with E-state index in [0.29, 0.717) is 55.0 Å². The van der Waals surface area contributed by atoms with Crippen molar-refractivity contribution in [2.24, 2.45) is 0 Å². The van der Waals surface area contributed by atoms with E-state index in [1.54, 1.807) is 42.5 Å². The van der Waals surface area contributed by atoms with Crippen molar-refractivity contribution in [1.82, 2.24) is 5.16 Å². The molecule has 5 nitrogen and oxygen atoms in total. The molecule has 6 rings (SSSR count). The van der Waals surface area contributed by atoms with E-state index in [-0.39, 0.29) is 6.61 Å². The fourth-order valence-corrected chi connectivity index (χ4v) is 5.21. The lowest BCUT2D eigenvalue weighted by molar-refractivity contribution is 0.0690. The summed E-state index contributed by atoms with van der Waals surface area (Å²) < 4.78 is 16.9. The van der Waals surface area contributed by atoms with Gasteiger partial charge in [0.2, 0.25) is 0 Å². The fourth-order valence-electron chi connectivity index (χ4n) is 4.41. The van der Waals surface area contributed by atoms with E-state index in [0.717, 1.165) is 42.6 Å². The van der Waals surface area contributed by atoms with E-state index in [4.69, 9.17) is 48.8 Å². The van der Waals surface area contributed by atoms with E-state index in [1.807, 2.05) is 18.2 Å². The second kappa shape index (κ2) is 11.0. The third-order valence-electron chi connectivity index (χ3n) is 6.79. The molecule has 8 heteroatoms. The summed E-state index contributed by atoms with van der Waals surface area (Å²) in [5, 5.41) is 5.63. The summed E-state index contributed by atoms with van der Waals surface area (Å²) in [4.78, 5) is 12.4. The third-order valence-corrected chi connectivity index (χ3v) is 7.73. The van der Waals surface area contributed by atoms with Gasteiger partial charge in [-0.1, -0.05) is 58.2 Å². The lowest BCUT2D eigenvalue weighted by atomic mass is 10.0. The zero-order chi connectivity index (χ0) is 26.9. The van der Waals surface area contributed by atoms with Crippen LogP contribution < -0.4 is 4.74 Å². The highest BCUT2D eigenvalue weighted by molar-refractivity contribution is 6.39. The van der Waals surface area contributed by atoms with Crippen molar-refractivity contribution in [1.29, 1.82) is 0 Å². The number of carbonyl (C=O) groups is 1. The van der Waals surface area contributed by atoms with Gasteiger partial charge in [0, 0.05) is 23.1 Å². The van der Waals surface area contributed by atoms with E-state index < -0.39 is 5.97 Å². The molecule has 0 saturated heterocycles. The molecular weight excluding hydrogens is 557 g/mol. The van der Waals surface area contributed by atoms with Gasteiger partial charge in [-0.2, -0.15) is 0 Å². The number of carbonyl (C=O) groups excluding carboxylic acids is 1. The van der Waals surface area contributed by atoms with Crippen molar-refractivity contribution >= 4 is 40.8 Å². The molecule has 2 aliphatic carbocycles. The Morgan fingerprint density at radius 2 is 1.67 bits per heavy atom. The summed E-state index contributed by atoms with van der Waals surface area (Å²) in [6, 6.07) is 17.9. The Kier molecular flexibility index (Phi) is 7.27. The van der Waals surface area contributed by atoms with Crippen LogP contribution in [0, 0.1) is 12.0 Å². The maximum absolute atomic E-state index is 12.4. The molecule has 0 N–H and O–H groups in total. The quantitative estimate of drug-likeness (QED) is 0.162. The van der Waals surface area contributed by atoms with Crippen LogP contribution in [-0.2, 0) is 11.3 Å². The van der Waals surface area contributed by atoms with Gasteiger partial charge in [0.1, 0.15) is 29.9 Å². The number of aromatic nitrogens is 1. The highest BCUT2D eigenvalue weighted by atomic mass is 35.5. The van der Waals surface area contributed by atoms with Crippen LogP contribution in [0.4, 0.5) is 0 Å². The molecule has 0 spiro atoms. The van der Waals surface area contributed by atoms with E-state index in [2.05, 4.69) is 17.2 Å². The minimum Gasteiger partial charge on any atom is -0.489 e. The summed E-state index contributed by atoms with van der Waals surface area (Å²) >= 11 is 19.3. The van der Waals surface area contributed by atoms with Crippen LogP contribution in [0.2, 0.25) is 15.1 Å². The molecule has 1 aromatic heterocycles. The zero-order valence-corrected chi connectivity index (χ0v) is 22.9. The molecule has 39 heavy (non-hydrogen) atoms. The topological polar surface area (TPSA) is 61.6 Å². The van der Waals surface area contributed by atoms with Crippen LogP contribution in [-0.4, -0.2) is 11.1 Å². The van der Waals surface area contributed by atoms with Crippen LogP contribution in [0.1, 0.15) is 70.3 Å². The second-order valence-electron chi connectivity index (χ2n) is 9.69. The summed E-state index contributed by atoms with van der Waals surface area (Å²) in [5.74, 6) is 4.50. The summed E-state index contributed by atoms with van der Waals surface area (Å²) in [6.45, 7) is 0.200. The number of hydrogen-bond acceptors (Lipinski definition) is 5. The normalized spacial score (nSPS) is 14.4. The van der Waals surface area contributed by atoms with Gasteiger partial charge in [-0.15, -0.1) is 0 Å². The van der Waals surface area contributed by atoms with Gasteiger partial charge < -0.3 is 14.0 Å². The Morgan fingerprint density at radius 1 is 0.923 bits per heavy atom. The summed E-state index contributed by atoms with van der Waals surface area (Å²) in [7, 11) is 0. The van der Waals surface area contributed by atoms with Crippen LogP contribution in [0.3, 0.4) is 0 Å². The van der Waals surface area contributed by atoms with E-state index in [1.165, 1.54) is 0 Å². The van der Waals surface area contributed by atoms with Crippen molar-refractivity contribution in [2.45, 2.75) is 44.1 Å².